The van der Waals surface area contributed by atoms with Crippen LogP contribution in [-0.2, 0) is 5.33 Å². The highest BCUT2D eigenvalue weighted by Crippen LogP contribution is 2.14. The molecule has 0 atom stereocenters. The Morgan fingerprint density at radius 3 is 2.90 bits per heavy atom. The van der Waals surface area contributed by atoms with Crippen molar-refractivity contribution in [3.8, 4) is 5.75 Å². The predicted molar refractivity (Wildman–Crippen MR) is 38.5 cm³/mol. The van der Waals surface area contributed by atoms with Crippen molar-refractivity contribution >= 4 is 15.9 Å². The van der Waals surface area contributed by atoms with Gasteiger partial charge < -0.3 is 5.11 Å². The van der Waals surface area contributed by atoms with Crippen LogP contribution in [-0.4, -0.2) is 10.1 Å². The summed E-state index contributed by atoms with van der Waals surface area (Å²) in [6.07, 6.45) is 1.09. The van der Waals surface area contributed by atoms with Crippen molar-refractivity contribution in [3.63, 3.8) is 0 Å². The zero-order valence-electron chi connectivity index (χ0n) is 5.01. The minimum Gasteiger partial charge on any atom is -0.504 e. The lowest BCUT2D eigenvalue weighted by Gasteiger charge is -1.95. The zero-order chi connectivity index (χ0) is 7.56. The monoisotopic (exact) mass is 205 g/mol. The van der Waals surface area contributed by atoms with Gasteiger partial charge in [-0.1, -0.05) is 15.9 Å². The molecule has 0 saturated carbocycles. The first-order chi connectivity index (χ1) is 4.74. The molecule has 0 saturated heterocycles. The van der Waals surface area contributed by atoms with Gasteiger partial charge in [-0.3, -0.25) is 4.98 Å². The lowest BCUT2D eigenvalue weighted by Crippen LogP contribution is -1.86. The third-order valence-electron chi connectivity index (χ3n) is 1.03. The van der Waals surface area contributed by atoms with Gasteiger partial charge in [-0.15, -0.1) is 0 Å². The van der Waals surface area contributed by atoms with E-state index in [4.69, 9.17) is 5.11 Å². The standard InChI is InChI=1S/C6H5BrFNO/c7-2-4-1-5(8)6(10)3-9-4/h1,3,10H,2H2. The van der Waals surface area contributed by atoms with Crippen LogP contribution in [0.4, 0.5) is 4.39 Å². The maximum Gasteiger partial charge on any atom is 0.169 e. The smallest absolute Gasteiger partial charge is 0.169 e. The Kier molecular flexibility index (Phi) is 2.21. The zero-order valence-corrected chi connectivity index (χ0v) is 6.60. The molecule has 0 amide bonds. The summed E-state index contributed by atoms with van der Waals surface area (Å²) in [5.41, 5.74) is 0.565. The van der Waals surface area contributed by atoms with Gasteiger partial charge in [0.15, 0.2) is 11.6 Å². The third kappa shape index (κ3) is 1.44. The fourth-order valence-corrected chi connectivity index (χ4v) is 0.843. The van der Waals surface area contributed by atoms with Gasteiger partial charge in [0.25, 0.3) is 0 Å². The molecule has 0 aliphatic carbocycles. The van der Waals surface area contributed by atoms with Crippen LogP contribution in [0.15, 0.2) is 12.3 Å². The Bertz CT molecular complexity index is 241. The van der Waals surface area contributed by atoms with Crippen LogP contribution in [0.5, 0.6) is 5.75 Å². The number of nitrogens with zero attached hydrogens (tertiary/aromatic N) is 1. The second-order valence-corrected chi connectivity index (χ2v) is 2.32. The second-order valence-electron chi connectivity index (χ2n) is 1.76. The quantitative estimate of drug-likeness (QED) is 0.711. The van der Waals surface area contributed by atoms with Crippen LogP contribution < -0.4 is 0 Å². The third-order valence-corrected chi connectivity index (χ3v) is 1.60. The Hall–Kier alpha value is -0.640. The van der Waals surface area contributed by atoms with E-state index in [9.17, 15) is 4.39 Å². The number of aromatic hydroxyl groups is 1. The molecule has 0 bridgehead atoms. The number of pyridine rings is 1. The highest BCUT2D eigenvalue weighted by molar-refractivity contribution is 9.08. The number of alkyl halides is 1. The van der Waals surface area contributed by atoms with E-state index in [-0.39, 0.29) is 0 Å². The number of rotatable bonds is 1. The number of hydrogen-bond acceptors (Lipinski definition) is 2. The van der Waals surface area contributed by atoms with Crippen LogP contribution in [0.3, 0.4) is 0 Å². The van der Waals surface area contributed by atoms with E-state index in [1.807, 2.05) is 0 Å². The van der Waals surface area contributed by atoms with Crippen molar-refractivity contribution in [1.29, 1.82) is 0 Å². The molecule has 1 aromatic heterocycles. The fraction of sp³-hybridized carbons (Fsp3) is 0.167. The summed E-state index contributed by atoms with van der Waals surface area (Å²) < 4.78 is 12.5. The van der Waals surface area contributed by atoms with Gasteiger partial charge >= 0.3 is 0 Å². The molecule has 0 unspecified atom stereocenters. The molecule has 1 N–H and O–H groups in total. The fourth-order valence-electron chi connectivity index (χ4n) is 0.536. The summed E-state index contributed by atoms with van der Waals surface area (Å²) >= 11 is 3.11. The number of halogens is 2. The summed E-state index contributed by atoms with van der Waals surface area (Å²) in [5, 5.41) is 9.18. The van der Waals surface area contributed by atoms with Gasteiger partial charge in [0.05, 0.1) is 11.9 Å². The summed E-state index contributed by atoms with van der Waals surface area (Å²) in [6, 6.07) is 1.18. The van der Waals surface area contributed by atoms with Crippen LogP contribution in [0.1, 0.15) is 5.69 Å². The lowest BCUT2D eigenvalue weighted by molar-refractivity contribution is 0.428. The Balaban J connectivity index is 3.04. The molecule has 0 aliphatic rings. The summed E-state index contributed by atoms with van der Waals surface area (Å²) in [7, 11) is 0. The van der Waals surface area contributed by atoms with Crippen LogP contribution in [0, 0.1) is 5.82 Å². The first-order valence-electron chi connectivity index (χ1n) is 2.63. The summed E-state index contributed by atoms with van der Waals surface area (Å²) in [5.74, 6) is -1.05. The van der Waals surface area contributed by atoms with Gasteiger partial charge in [0.2, 0.25) is 0 Å². The molecule has 54 valence electrons. The average molecular weight is 206 g/mol. The van der Waals surface area contributed by atoms with E-state index >= 15 is 0 Å². The Labute approximate surface area is 65.8 Å². The van der Waals surface area contributed by atoms with E-state index < -0.39 is 11.6 Å². The Morgan fingerprint density at radius 1 is 1.70 bits per heavy atom. The molecule has 1 aromatic rings. The first-order valence-corrected chi connectivity index (χ1v) is 3.75. The van der Waals surface area contributed by atoms with Crippen LogP contribution in [0.25, 0.3) is 0 Å². The molecule has 0 fully saturated rings. The molecule has 0 radical (unpaired) electrons. The van der Waals surface area contributed by atoms with Crippen molar-refractivity contribution in [2.45, 2.75) is 5.33 Å². The van der Waals surface area contributed by atoms with Gasteiger partial charge in [0.1, 0.15) is 0 Å². The molecule has 0 aromatic carbocycles. The van der Waals surface area contributed by atoms with Crippen LogP contribution >= 0.6 is 15.9 Å². The van der Waals surface area contributed by atoms with Gasteiger partial charge in [-0.05, 0) is 0 Å². The normalized spacial score (nSPS) is 9.80. The molecule has 0 spiro atoms. The van der Waals surface area contributed by atoms with Crippen molar-refractivity contribution < 1.29 is 9.50 Å². The maximum absolute atomic E-state index is 12.5. The molecule has 10 heavy (non-hydrogen) atoms. The molecule has 1 rings (SSSR count). The highest BCUT2D eigenvalue weighted by atomic mass is 79.9. The van der Waals surface area contributed by atoms with Crippen molar-refractivity contribution in [1.82, 2.24) is 4.98 Å². The SMILES string of the molecule is Oc1cnc(CBr)cc1F. The van der Waals surface area contributed by atoms with Crippen molar-refractivity contribution in [2.24, 2.45) is 0 Å². The first kappa shape index (κ1) is 7.47. The minimum absolute atomic E-state index is 0.412. The summed E-state index contributed by atoms with van der Waals surface area (Å²) in [6.45, 7) is 0. The minimum atomic E-state index is -0.635. The van der Waals surface area contributed by atoms with Crippen molar-refractivity contribution in [2.75, 3.05) is 0 Å². The van der Waals surface area contributed by atoms with E-state index in [2.05, 4.69) is 20.9 Å². The lowest BCUT2D eigenvalue weighted by atomic mass is 10.3. The van der Waals surface area contributed by atoms with Gasteiger partial charge in [-0.2, -0.15) is 0 Å². The second kappa shape index (κ2) is 2.96. The average Bonchev–Trinajstić information content (AvgIpc) is 1.95. The van der Waals surface area contributed by atoms with E-state index in [1.165, 1.54) is 6.07 Å². The molecule has 0 aliphatic heterocycles. The maximum atomic E-state index is 12.5. The molecular weight excluding hydrogens is 201 g/mol. The van der Waals surface area contributed by atoms with E-state index in [0.717, 1.165) is 6.20 Å². The van der Waals surface area contributed by atoms with Gasteiger partial charge in [0, 0.05) is 11.4 Å². The number of aromatic nitrogens is 1. The molecule has 4 heteroatoms. The summed E-state index contributed by atoms with van der Waals surface area (Å²) in [4.78, 5) is 3.72. The van der Waals surface area contributed by atoms with E-state index in [0.29, 0.717) is 11.0 Å². The van der Waals surface area contributed by atoms with Crippen LogP contribution in [0.2, 0.25) is 0 Å². The van der Waals surface area contributed by atoms with Crippen molar-refractivity contribution in [3.05, 3.63) is 23.8 Å². The topological polar surface area (TPSA) is 33.1 Å². The van der Waals surface area contributed by atoms with E-state index in [1.54, 1.807) is 0 Å². The molecular formula is C6H5BrFNO. The Morgan fingerprint density at radius 2 is 2.40 bits per heavy atom. The van der Waals surface area contributed by atoms with Gasteiger partial charge in [-0.25, -0.2) is 4.39 Å². The largest absolute Gasteiger partial charge is 0.504 e. The number of hydrogen-bond donors (Lipinski definition) is 1. The highest BCUT2D eigenvalue weighted by Gasteiger charge is 2.00. The predicted octanol–water partition coefficient (Wildman–Crippen LogP) is 1.82. The molecule has 2 nitrogen and oxygen atoms in total. The molecule has 1 heterocycles.